The Morgan fingerprint density at radius 2 is 1.89 bits per heavy atom. The van der Waals surface area contributed by atoms with Gasteiger partial charge < -0.3 is 19.9 Å². The zero-order chi connectivity index (χ0) is 14.3. The molecular weight excluding hydrogens is 242 g/mol. The van der Waals surface area contributed by atoms with Gasteiger partial charge in [0.05, 0.1) is 20.8 Å². The maximum Gasteiger partial charge on any atom is 0.160 e. The van der Waals surface area contributed by atoms with Crippen LogP contribution in [0.5, 0.6) is 11.5 Å². The molecule has 4 nitrogen and oxygen atoms in total. The Hall–Kier alpha value is -1.26. The van der Waals surface area contributed by atoms with Crippen LogP contribution in [0.25, 0.3) is 0 Å². The van der Waals surface area contributed by atoms with E-state index in [2.05, 4.69) is 18.3 Å². The monoisotopic (exact) mass is 267 g/mol. The molecule has 0 fully saturated rings. The normalized spacial score (nSPS) is 13.9. The second-order valence-electron chi connectivity index (χ2n) is 4.75. The van der Waals surface area contributed by atoms with E-state index in [1.165, 1.54) is 5.56 Å². The largest absolute Gasteiger partial charge is 0.493 e. The molecule has 2 N–H and O–H groups in total. The van der Waals surface area contributed by atoms with Gasteiger partial charge in [-0.3, -0.25) is 0 Å². The van der Waals surface area contributed by atoms with Crippen molar-refractivity contribution in [3.8, 4) is 11.5 Å². The first-order valence-electron chi connectivity index (χ1n) is 6.72. The first kappa shape index (κ1) is 15.8. The molecule has 1 aromatic rings. The van der Waals surface area contributed by atoms with Crippen molar-refractivity contribution in [3.63, 3.8) is 0 Å². The lowest BCUT2D eigenvalue weighted by atomic mass is 10.0. The van der Waals surface area contributed by atoms with Crippen molar-refractivity contribution in [3.05, 3.63) is 23.8 Å². The first-order chi connectivity index (χ1) is 9.14. The van der Waals surface area contributed by atoms with Crippen LogP contribution in [0.15, 0.2) is 18.2 Å². The van der Waals surface area contributed by atoms with E-state index < -0.39 is 0 Å². The molecule has 0 saturated heterocycles. The fourth-order valence-corrected chi connectivity index (χ4v) is 2.07. The van der Waals surface area contributed by atoms with Gasteiger partial charge in [0.25, 0.3) is 0 Å². The summed E-state index contributed by atoms with van der Waals surface area (Å²) >= 11 is 0. The highest BCUT2D eigenvalue weighted by molar-refractivity contribution is 5.43. The topological polar surface area (TPSA) is 50.7 Å². The molecule has 0 amide bonds. The van der Waals surface area contributed by atoms with Crippen molar-refractivity contribution >= 4 is 0 Å². The lowest BCUT2D eigenvalue weighted by Crippen LogP contribution is -2.39. The lowest BCUT2D eigenvalue weighted by molar-refractivity contribution is 0.238. The summed E-state index contributed by atoms with van der Waals surface area (Å²) in [4.78, 5) is 0. The van der Waals surface area contributed by atoms with E-state index in [-0.39, 0.29) is 12.6 Å². The Labute approximate surface area is 115 Å². The van der Waals surface area contributed by atoms with E-state index in [1.807, 2.05) is 19.1 Å². The predicted octanol–water partition coefficient (Wildman–Crippen LogP) is 2.00. The molecule has 0 bridgehead atoms. The Morgan fingerprint density at radius 1 is 1.21 bits per heavy atom. The van der Waals surface area contributed by atoms with Crippen LogP contribution in [0.2, 0.25) is 0 Å². The third kappa shape index (κ3) is 4.73. The van der Waals surface area contributed by atoms with E-state index in [1.54, 1.807) is 14.2 Å². The summed E-state index contributed by atoms with van der Waals surface area (Å²) in [5, 5.41) is 12.5. The minimum Gasteiger partial charge on any atom is -0.493 e. The average Bonchev–Trinajstić information content (AvgIpc) is 2.45. The van der Waals surface area contributed by atoms with E-state index in [9.17, 15) is 0 Å². The van der Waals surface area contributed by atoms with Gasteiger partial charge >= 0.3 is 0 Å². The SMILES string of the molecule is CCC(Cc1ccc(OC)c(OC)c1)NC(C)CO. The van der Waals surface area contributed by atoms with E-state index in [0.29, 0.717) is 6.04 Å². The van der Waals surface area contributed by atoms with Crippen LogP contribution in [-0.4, -0.2) is 38.0 Å². The summed E-state index contributed by atoms with van der Waals surface area (Å²) < 4.78 is 10.5. The number of rotatable bonds is 8. The highest BCUT2D eigenvalue weighted by Gasteiger charge is 2.12. The summed E-state index contributed by atoms with van der Waals surface area (Å²) in [5.41, 5.74) is 1.20. The molecule has 1 aromatic carbocycles. The Morgan fingerprint density at radius 3 is 2.42 bits per heavy atom. The summed E-state index contributed by atoms with van der Waals surface area (Å²) in [6, 6.07) is 6.45. The second kappa shape index (κ2) is 8.02. The van der Waals surface area contributed by atoms with E-state index in [4.69, 9.17) is 14.6 Å². The number of hydrogen-bond acceptors (Lipinski definition) is 4. The fraction of sp³-hybridized carbons (Fsp3) is 0.600. The molecule has 2 unspecified atom stereocenters. The van der Waals surface area contributed by atoms with Crippen molar-refractivity contribution in [2.75, 3.05) is 20.8 Å². The second-order valence-corrected chi connectivity index (χ2v) is 4.75. The standard InChI is InChI=1S/C15H25NO3/c1-5-13(16-11(2)10-17)8-12-6-7-14(18-3)15(9-12)19-4/h6-7,9,11,13,16-17H,5,8,10H2,1-4H3. The van der Waals surface area contributed by atoms with Crippen LogP contribution in [0, 0.1) is 0 Å². The highest BCUT2D eigenvalue weighted by atomic mass is 16.5. The molecule has 0 radical (unpaired) electrons. The van der Waals surface area contributed by atoms with Gasteiger partial charge in [-0.05, 0) is 37.5 Å². The Kier molecular flexibility index (Phi) is 6.67. The summed E-state index contributed by atoms with van der Waals surface area (Å²) in [6.45, 7) is 4.28. The van der Waals surface area contributed by atoms with Crippen molar-refractivity contribution < 1.29 is 14.6 Å². The van der Waals surface area contributed by atoms with Crippen molar-refractivity contribution in [2.24, 2.45) is 0 Å². The lowest BCUT2D eigenvalue weighted by Gasteiger charge is -2.21. The smallest absolute Gasteiger partial charge is 0.160 e. The predicted molar refractivity (Wildman–Crippen MR) is 77.0 cm³/mol. The number of benzene rings is 1. The molecule has 0 aromatic heterocycles. The minimum atomic E-state index is 0.116. The quantitative estimate of drug-likeness (QED) is 0.756. The molecule has 4 heteroatoms. The number of hydrogen-bond donors (Lipinski definition) is 2. The van der Waals surface area contributed by atoms with Crippen molar-refractivity contribution in [1.82, 2.24) is 5.32 Å². The Balaban J connectivity index is 2.74. The van der Waals surface area contributed by atoms with Gasteiger partial charge in [0.2, 0.25) is 0 Å². The molecule has 0 aliphatic heterocycles. The molecule has 0 spiro atoms. The van der Waals surface area contributed by atoms with Gasteiger partial charge in [-0.15, -0.1) is 0 Å². The number of ether oxygens (including phenoxy) is 2. The maximum atomic E-state index is 9.10. The highest BCUT2D eigenvalue weighted by Crippen LogP contribution is 2.28. The molecule has 0 saturated carbocycles. The number of methoxy groups -OCH3 is 2. The number of aliphatic hydroxyl groups is 1. The van der Waals surface area contributed by atoms with E-state index in [0.717, 1.165) is 24.3 Å². The molecule has 0 aliphatic carbocycles. The van der Waals surface area contributed by atoms with Crippen LogP contribution in [0.4, 0.5) is 0 Å². The van der Waals surface area contributed by atoms with Gasteiger partial charge in [0.15, 0.2) is 11.5 Å². The fourth-order valence-electron chi connectivity index (χ4n) is 2.07. The molecule has 108 valence electrons. The van der Waals surface area contributed by atoms with Crippen LogP contribution in [-0.2, 0) is 6.42 Å². The maximum absolute atomic E-state index is 9.10. The minimum absolute atomic E-state index is 0.116. The summed E-state index contributed by atoms with van der Waals surface area (Å²) in [5.74, 6) is 1.50. The third-order valence-corrected chi connectivity index (χ3v) is 3.22. The van der Waals surface area contributed by atoms with Gasteiger partial charge in [-0.2, -0.15) is 0 Å². The van der Waals surface area contributed by atoms with Gasteiger partial charge in [-0.1, -0.05) is 13.0 Å². The van der Waals surface area contributed by atoms with E-state index >= 15 is 0 Å². The van der Waals surface area contributed by atoms with Crippen molar-refractivity contribution in [1.29, 1.82) is 0 Å². The van der Waals surface area contributed by atoms with Gasteiger partial charge in [0, 0.05) is 12.1 Å². The van der Waals surface area contributed by atoms with Crippen LogP contribution >= 0.6 is 0 Å². The van der Waals surface area contributed by atoms with Crippen LogP contribution in [0.3, 0.4) is 0 Å². The van der Waals surface area contributed by atoms with Crippen LogP contribution in [0.1, 0.15) is 25.8 Å². The molecule has 2 atom stereocenters. The molecule has 0 aliphatic rings. The zero-order valence-electron chi connectivity index (χ0n) is 12.3. The molecular formula is C15H25NO3. The third-order valence-electron chi connectivity index (χ3n) is 3.22. The average molecular weight is 267 g/mol. The van der Waals surface area contributed by atoms with Gasteiger partial charge in [0.1, 0.15) is 0 Å². The molecule has 1 rings (SSSR count). The van der Waals surface area contributed by atoms with Crippen molar-refractivity contribution in [2.45, 2.75) is 38.8 Å². The number of nitrogens with one attached hydrogen (secondary N) is 1. The number of aliphatic hydroxyl groups excluding tert-OH is 1. The molecule has 0 heterocycles. The zero-order valence-corrected chi connectivity index (χ0v) is 12.3. The Bertz CT molecular complexity index is 382. The van der Waals surface area contributed by atoms with Crippen LogP contribution < -0.4 is 14.8 Å². The first-order valence-corrected chi connectivity index (χ1v) is 6.72. The van der Waals surface area contributed by atoms with Gasteiger partial charge in [-0.25, -0.2) is 0 Å². The summed E-state index contributed by atoms with van der Waals surface area (Å²) in [6.07, 6.45) is 1.92. The molecule has 19 heavy (non-hydrogen) atoms. The summed E-state index contributed by atoms with van der Waals surface area (Å²) in [7, 11) is 3.28.